The molecule has 6 nitrogen and oxygen atoms in total. The van der Waals surface area contributed by atoms with Crippen LogP contribution >= 0.6 is 11.6 Å². The van der Waals surface area contributed by atoms with Crippen molar-refractivity contribution in [3.63, 3.8) is 0 Å². The van der Waals surface area contributed by atoms with E-state index in [-0.39, 0.29) is 11.8 Å². The number of pyridine rings is 1. The van der Waals surface area contributed by atoms with Crippen molar-refractivity contribution in [2.45, 2.75) is 13.0 Å². The summed E-state index contributed by atoms with van der Waals surface area (Å²) in [7, 11) is 3.82. The van der Waals surface area contributed by atoms with Crippen LogP contribution in [0.25, 0.3) is 0 Å². The van der Waals surface area contributed by atoms with Gasteiger partial charge in [-0.25, -0.2) is 4.98 Å². The summed E-state index contributed by atoms with van der Waals surface area (Å²) in [6, 6.07) is 10.8. The highest BCUT2D eigenvalue weighted by atomic mass is 35.5. The van der Waals surface area contributed by atoms with Gasteiger partial charge in [0.25, 0.3) is 0 Å². The highest BCUT2D eigenvalue weighted by Gasteiger charge is 2.37. The Morgan fingerprint density at radius 1 is 1.31 bits per heavy atom. The molecule has 0 spiro atoms. The fourth-order valence-corrected chi connectivity index (χ4v) is 3.05. The van der Waals surface area contributed by atoms with Crippen LogP contribution in [0.4, 0.5) is 11.5 Å². The molecule has 136 valence electrons. The molecule has 1 aromatic heterocycles. The van der Waals surface area contributed by atoms with Crippen molar-refractivity contribution in [1.82, 2.24) is 10.3 Å². The Hall–Kier alpha value is -2.60. The van der Waals surface area contributed by atoms with Crippen LogP contribution in [0, 0.1) is 5.92 Å². The summed E-state index contributed by atoms with van der Waals surface area (Å²) in [6.07, 6.45) is 2.21. The minimum atomic E-state index is -0.652. The number of rotatable bonds is 5. The number of aromatic nitrogens is 1. The first-order valence-corrected chi connectivity index (χ1v) is 8.80. The summed E-state index contributed by atoms with van der Waals surface area (Å²) >= 11 is 5.89. The van der Waals surface area contributed by atoms with E-state index in [1.807, 2.05) is 31.1 Å². The lowest BCUT2D eigenvalue weighted by Gasteiger charge is -2.17. The molecule has 1 aliphatic rings. The average Bonchev–Trinajstić information content (AvgIpc) is 3.02. The van der Waals surface area contributed by atoms with Gasteiger partial charge >= 0.3 is 0 Å². The summed E-state index contributed by atoms with van der Waals surface area (Å²) in [5.74, 6) is -0.244. The lowest BCUT2D eigenvalue weighted by Crippen LogP contribution is -2.36. The lowest BCUT2D eigenvalue weighted by atomic mass is 10.1. The van der Waals surface area contributed by atoms with Crippen LogP contribution in [0.1, 0.15) is 12.0 Å². The van der Waals surface area contributed by atoms with Crippen molar-refractivity contribution in [3.8, 4) is 0 Å². The summed E-state index contributed by atoms with van der Waals surface area (Å²) in [6.45, 7) is 0.894. The van der Waals surface area contributed by atoms with Gasteiger partial charge in [0, 0.05) is 44.1 Å². The molecule has 1 unspecified atom stereocenters. The summed E-state index contributed by atoms with van der Waals surface area (Å²) in [5.41, 5.74) is 1.71. The first-order chi connectivity index (χ1) is 12.5. The van der Waals surface area contributed by atoms with Gasteiger partial charge < -0.3 is 15.1 Å². The second-order valence-corrected chi connectivity index (χ2v) is 6.88. The number of carbonyl (C=O) groups excluding carboxylic acids is 2. The normalized spacial score (nSPS) is 16.7. The van der Waals surface area contributed by atoms with Crippen LogP contribution in [0.3, 0.4) is 0 Å². The van der Waals surface area contributed by atoms with Crippen molar-refractivity contribution in [2.75, 3.05) is 30.4 Å². The number of nitrogens with one attached hydrogen (secondary N) is 1. The molecule has 7 heteroatoms. The summed E-state index contributed by atoms with van der Waals surface area (Å²) < 4.78 is 0. The van der Waals surface area contributed by atoms with Gasteiger partial charge in [-0.05, 0) is 48.4 Å². The van der Waals surface area contributed by atoms with E-state index in [1.165, 1.54) is 0 Å². The van der Waals surface area contributed by atoms with E-state index in [2.05, 4.69) is 10.3 Å². The Bertz CT molecular complexity index is 807. The molecule has 1 atom stereocenters. The van der Waals surface area contributed by atoms with Gasteiger partial charge in [-0.2, -0.15) is 0 Å². The monoisotopic (exact) mass is 372 g/mol. The molecule has 0 aliphatic carbocycles. The highest BCUT2D eigenvalue weighted by molar-refractivity contribution is 6.30. The van der Waals surface area contributed by atoms with E-state index in [1.54, 1.807) is 35.4 Å². The van der Waals surface area contributed by atoms with Crippen molar-refractivity contribution < 1.29 is 9.59 Å². The number of carbonyl (C=O) groups is 2. The molecule has 3 rings (SSSR count). The van der Waals surface area contributed by atoms with Crippen LogP contribution in [0.5, 0.6) is 0 Å². The van der Waals surface area contributed by atoms with Crippen LogP contribution < -0.4 is 15.1 Å². The zero-order valence-electron chi connectivity index (χ0n) is 14.8. The number of hydrogen-bond donors (Lipinski definition) is 1. The molecule has 2 heterocycles. The summed E-state index contributed by atoms with van der Waals surface area (Å²) in [5, 5.41) is 3.48. The standard InChI is InChI=1S/C19H21ClN4O2/c1-23(2)17-11-13(7-9-21-17)12-22-18(25)16-8-10-24(19(16)26)15-5-3-14(20)4-6-15/h3-7,9,11,16H,8,10,12H2,1-2H3,(H,22,25). The smallest absolute Gasteiger partial charge is 0.239 e. The second-order valence-electron chi connectivity index (χ2n) is 6.44. The van der Waals surface area contributed by atoms with E-state index in [0.29, 0.717) is 24.5 Å². The Morgan fingerprint density at radius 2 is 2.04 bits per heavy atom. The predicted molar refractivity (Wildman–Crippen MR) is 102 cm³/mol. The SMILES string of the molecule is CN(C)c1cc(CNC(=O)C2CCN(c3ccc(Cl)cc3)C2=O)ccn1. The molecular formula is C19H21ClN4O2. The Labute approximate surface area is 157 Å². The predicted octanol–water partition coefficient (Wildman–Crippen LogP) is 2.47. The Morgan fingerprint density at radius 3 is 2.73 bits per heavy atom. The quantitative estimate of drug-likeness (QED) is 0.819. The Kier molecular flexibility index (Phi) is 5.42. The van der Waals surface area contributed by atoms with Gasteiger partial charge in [-0.1, -0.05) is 11.6 Å². The number of amides is 2. The van der Waals surface area contributed by atoms with Crippen molar-refractivity contribution in [2.24, 2.45) is 5.92 Å². The molecule has 0 saturated carbocycles. The van der Waals surface area contributed by atoms with E-state index in [9.17, 15) is 9.59 Å². The Balaban J connectivity index is 1.61. The molecule has 1 aliphatic heterocycles. The first-order valence-electron chi connectivity index (χ1n) is 8.42. The van der Waals surface area contributed by atoms with Crippen molar-refractivity contribution in [1.29, 1.82) is 0 Å². The van der Waals surface area contributed by atoms with Gasteiger partial charge in [0.15, 0.2) is 0 Å². The molecule has 0 bridgehead atoms. The first kappa shape index (κ1) is 18.2. The molecular weight excluding hydrogens is 352 g/mol. The van der Waals surface area contributed by atoms with Gasteiger partial charge in [-0.15, -0.1) is 0 Å². The number of hydrogen-bond acceptors (Lipinski definition) is 4. The molecule has 0 radical (unpaired) electrons. The van der Waals surface area contributed by atoms with Crippen LogP contribution in [-0.2, 0) is 16.1 Å². The van der Waals surface area contributed by atoms with Gasteiger partial charge in [-0.3, -0.25) is 9.59 Å². The van der Waals surface area contributed by atoms with Crippen molar-refractivity contribution in [3.05, 3.63) is 53.2 Å². The number of nitrogens with zero attached hydrogens (tertiary/aromatic N) is 3. The maximum absolute atomic E-state index is 12.6. The minimum Gasteiger partial charge on any atom is -0.363 e. The van der Waals surface area contributed by atoms with Crippen LogP contribution in [0.2, 0.25) is 5.02 Å². The molecule has 1 saturated heterocycles. The topological polar surface area (TPSA) is 65.5 Å². The number of halogens is 1. The molecule has 2 aromatic rings. The third-order valence-electron chi connectivity index (χ3n) is 4.40. The third kappa shape index (κ3) is 3.96. The number of anilines is 2. The minimum absolute atomic E-state index is 0.173. The molecule has 1 N–H and O–H groups in total. The lowest BCUT2D eigenvalue weighted by molar-refractivity contribution is -0.132. The van der Waals surface area contributed by atoms with Gasteiger partial charge in [0.1, 0.15) is 11.7 Å². The largest absolute Gasteiger partial charge is 0.363 e. The average molecular weight is 373 g/mol. The maximum atomic E-state index is 12.6. The molecule has 26 heavy (non-hydrogen) atoms. The highest BCUT2D eigenvalue weighted by Crippen LogP contribution is 2.26. The maximum Gasteiger partial charge on any atom is 0.239 e. The summed E-state index contributed by atoms with van der Waals surface area (Å²) in [4.78, 5) is 32.9. The fourth-order valence-electron chi connectivity index (χ4n) is 2.93. The van der Waals surface area contributed by atoms with Gasteiger partial charge in [0.2, 0.25) is 11.8 Å². The second kappa shape index (κ2) is 7.74. The molecule has 2 amide bonds. The number of benzene rings is 1. The van der Waals surface area contributed by atoms with E-state index >= 15 is 0 Å². The van der Waals surface area contributed by atoms with E-state index in [4.69, 9.17) is 11.6 Å². The third-order valence-corrected chi connectivity index (χ3v) is 4.65. The fraction of sp³-hybridized carbons (Fsp3) is 0.316. The van der Waals surface area contributed by atoms with E-state index in [0.717, 1.165) is 17.1 Å². The van der Waals surface area contributed by atoms with Gasteiger partial charge in [0.05, 0.1) is 0 Å². The zero-order valence-corrected chi connectivity index (χ0v) is 15.5. The van der Waals surface area contributed by atoms with Crippen molar-refractivity contribution >= 4 is 34.9 Å². The van der Waals surface area contributed by atoms with E-state index < -0.39 is 5.92 Å². The molecule has 1 aromatic carbocycles. The molecule has 1 fully saturated rings. The van der Waals surface area contributed by atoms with Crippen LogP contribution in [0.15, 0.2) is 42.6 Å². The van der Waals surface area contributed by atoms with Crippen LogP contribution in [-0.4, -0.2) is 37.4 Å². The zero-order chi connectivity index (χ0) is 18.7.